The van der Waals surface area contributed by atoms with E-state index in [-0.39, 0.29) is 5.91 Å². The molecule has 3 N–H and O–H groups in total. The third kappa shape index (κ3) is 10.4. The van der Waals surface area contributed by atoms with Crippen molar-refractivity contribution in [1.82, 2.24) is 29.7 Å². The van der Waals surface area contributed by atoms with Gasteiger partial charge in [0.1, 0.15) is 0 Å². The van der Waals surface area contributed by atoms with E-state index >= 15 is 0 Å². The second-order valence-corrected chi connectivity index (χ2v) is 10.7. The lowest BCUT2D eigenvalue weighted by atomic mass is 10.0. The summed E-state index contributed by atoms with van der Waals surface area (Å²) in [6, 6.07) is 10.4. The molecule has 0 atom stereocenters. The van der Waals surface area contributed by atoms with Gasteiger partial charge >= 0.3 is 24.3 Å². The number of hydrogen-bond acceptors (Lipinski definition) is 8. The molecule has 12 nitrogen and oxygen atoms in total. The first-order chi connectivity index (χ1) is 22.0. The van der Waals surface area contributed by atoms with Crippen LogP contribution >= 0.6 is 0 Å². The number of carboxylic acid groups (broad SMARTS) is 2. The average molecular weight is 677 g/mol. The van der Waals surface area contributed by atoms with E-state index < -0.39 is 24.3 Å². The molecular weight excluding hydrogens is 642 g/mol. The first-order valence-electron chi connectivity index (χ1n) is 14.4. The SMILES string of the molecule is CC(C)N1CCc2c(C(=O)NCCN3CCOCC3)c3nc(-c4ccccc4)cnn3c2C1.O=C(O)C(F)(F)F.O=C(O)C(F)(F)F. The Morgan fingerprint density at radius 2 is 1.53 bits per heavy atom. The van der Waals surface area contributed by atoms with Crippen molar-refractivity contribution in [3.63, 3.8) is 0 Å². The van der Waals surface area contributed by atoms with Crippen molar-refractivity contribution in [2.45, 2.75) is 45.2 Å². The highest BCUT2D eigenvalue weighted by Gasteiger charge is 2.39. The summed E-state index contributed by atoms with van der Waals surface area (Å²) in [5, 5.41) is 22.1. The Morgan fingerprint density at radius 1 is 0.957 bits per heavy atom. The summed E-state index contributed by atoms with van der Waals surface area (Å²) in [6.45, 7) is 10.9. The molecule has 258 valence electrons. The van der Waals surface area contributed by atoms with Crippen LogP contribution in [-0.2, 0) is 27.3 Å². The molecule has 3 aromatic rings. The molecule has 2 aromatic heterocycles. The molecule has 0 unspecified atom stereocenters. The van der Waals surface area contributed by atoms with Crippen LogP contribution in [-0.4, -0.2) is 117 Å². The fourth-order valence-electron chi connectivity index (χ4n) is 4.75. The third-order valence-corrected chi connectivity index (χ3v) is 7.18. The van der Waals surface area contributed by atoms with Crippen LogP contribution in [0.5, 0.6) is 0 Å². The maximum Gasteiger partial charge on any atom is 0.490 e. The minimum atomic E-state index is -5.08. The number of amides is 1. The zero-order chi connectivity index (χ0) is 34.9. The van der Waals surface area contributed by atoms with Crippen LogP contribution in [0.15, 0.2) is 36.5 Å². The van der Waals surface area contributed by atoms with Gasteiger partial charge < -0.3 is 20.3 Å². The van der Waals surface area contributed by atoms with Crippen LogP contribution in [0.4, 0.5) is 26.3 Å². The van der Waals surface area contributed by atoms with Crippen molar-refractivity contribution in [2.75, 3.05) is 45.9 Å². The number of rotatable bonds is 6. The number of hydrogen-bond donors (Lipinski definition) is 3. The molecule has 1 fully saturated rings. The predicted molar refractivity (Wildman–Crippen MR) is 155 cm³/mol. The number of carboxylic acids is 2. The average Bonchev–Trinajstić information content (AvgIpc) is 3.34. The number of aromatic nitrogens is 3. The lowest BCUT2D eigenvalue weighted by Crippen LogP contribution is -2.41. The Labute approximate surface area is 264 Å². The van der Waals surface area contributed by atoms with Crippen LogP contribution in [0.3, 0.4) is 0 Å². The first kappa shape index (κ1) is 37.2. The Morgan fingerprint density at radius 3 is 2.06 bits per heavy atom. The summed E-state index contributed by atoms with van der Waals surface area (Å²) in [5.41, 5.74) is 5.27. The summed E-state index contributed by atoms with van der Waals surface area (Å²) in [4.78, 5) is 40.9. The Balaban J connectivity index is 0.000000360. The number of morpholine rings is 1. The zero-order valence-corrected chi connectivity index (χ0v) is 25.4. The van der Waals surface area contributed by atoms with Gasteiger partial charge in [-0.05, 0) is 25.8 Å². The van der Waals surface area contributed by atoms with Crippen LogP contribution in [0, 0.1) is 0 Å². The molecule has 4 heterocycles. The fourth-order valence-corrected chi connectivity index (χ4v) is 4.75. The molecule has 5 rings (SSSR count). The highest BCUT2D eigenvalue weighted by molar-refractivity contribution is 6.02. The van der Waals surface area contributed by atoms with Gasteiger partial charge in [0.25, 0.3) is 5.91 Å². The standard InChI is InChI=1S/C25H32N6O2.2C2HF3O2/c1-18(2)30-10-8-20-22(17-30)31-24(28-21(16-27-31)19-6-4-3-5-7-19)23(20)25(32)26-9-11-29-12-14-33-15-13-29;2*3-2(4,5)1(6)7/h3-7,16,18H,8-15,17H2,1-2H3,(H,26,32);2*(H,6,7). The minimum absolute atomic E-state index is 0.0560. The lowest BCUT2D eigenvalue weighted by Gasteiger charge is -2.30. The molecule has 18 heteroatoms. The van der Waals surface area contributed by atoms with Gasteiger partial charge in [0.15, 0.2) is 5.65 Å². The van der Waals surface area contributed by atoms with Crippen LogP contribution < -0.4 is 5.32 Å². The van der Waals surface area contributed by atoms with Crippen LogP contribution in [0.2, 0.25) is 0 Å². The molecule has 1 saturated heterocycles. The number of aliphatic carboxylic acids is 2. The van der Waals surface area contributed by atoms with Gasteiger partial charge in [-0.15, -0.1) is 0 Å². The normalized spacial score (nSPS) is 15.6. The number of fused-ring (bicyclic) bond motifs is 3. The van der Waals surface area contributed by atoms with E-state index in [0.29, 0.717) is 23.8 Å². The van der Waals surface area contributed by atoms with Crippen LogP contribution in [0.25, 0.3) is 16.9 Å². The largest absolute Gasteiger partial charge is 0.490 e. The van der Waals surface area contributed by atoms with E-state index in [1.54, 1.807) is 6.20 Å². The fraction of sp³-hybridized carbons (Fsp3) is 0.483. The Hall–Kier alpha value is -4.29. The minimum Gasteiger partial charge on any atom is -0.475 e. The second-order valence-electron chi connectivity index (χ2n) is 10.7. The topological polar surface area (TPSA) is 150 Å². The number of carbonyl (C=O) groups excluding carboxylic acids is 1. The van der Waals surface area contributed by atoms with E-state index in [9.17, 15) is 31.1 Å². The Kier molecular flexibility index (Phi) is 12.7. The number of nitrogens with zero attached hydrogens (tertiary/aromatic N) is 5. The zero-order valence-electron chi connectivity index (χ0n) is 25.4. The van der Waals surface area contributed by atoms with Crippen molar-refractivity contribution in [2.24, 2.45) is 0 Å². The predicted octanol–water partition coefficient (Wildman–Crippen LogP) is 3.49. The first-order valence-corrected chi connectivity index (χ1v) is 14.4. The molecule has 0 spiro atoms. The number of ether oxygens (including phenoxy) is 1. The van der Waals surface area contributed by atoms with Gasteiger partial charge in [-0.1, -0.05) is 30.3 Å². The van der Waals surface area contributed by atoms with Gasteiger partial charge in [-0.25, -0.2) is 19.1 Å². The second kappa shape index (κ2) is 16.0. The number of nitrogens with one attached hydrogen (secondary N) is 1. The maximum atomic E-state index is 13.4. The van der Waals surface area contributed by atoms with Crippen molar-refractivity contribution >= 4 is 23.5 Å². The van der Waals surface area contributed by atoms with Crippen molar-refractivity contribution in [1.29, 1.82) is 0 Å². The quantitative estimate of drug-likeness (QED) is 0.332. The lowest BCUT2D eigenvalue weighted by molar-refractivity contribution is -0.193. The van der Waals surface area contributed by atoms with E-state index in [0.717, 1.165) is 74.9 Å². The number of alkyl halides is 6. The molecule has 1 amide bonds. The van der Waals surface area contributed by atoms with E-state index in [2.05, 4.69) is 29.0 Å². The summed E-state index contributed by atoms with van der Waals surface area (Å²) in [7, 11) is 0. The summed E-state index contributed by atoms with van der Waals surface area (Å²) in [5.74, 6) is -5.57. The monoisotopic (exact) mass is 676 g/mol. The highest BCUT2D eigenvalue weighted by atomic mass is 19.4. The van der Waals surface area contributed by atoms with Crippen molar-refractivity contribution in [3.8, 4) is 11.3 Å². The smallest absolute Gasteiger partial charge is 0.475 e. The van der Waals surface area contributed by atoms with Crippen molar-refractivity contribution < 1.29 is 55.7 Å². The van der Waals surface area contributed by atoms with Gasteiger partial charge in [0.05, 0.1) is 36.4 Å². The van der Waals surface area contributed by atoms with Gasteiger partial charge in [0, 0.05) is 50.9 Å². The molecular formula is C29H34F6N6O6. The molecule has 0 bridgehead atoms. The number of benzene rings is 1. The van der Waals surface area contributed by atoms with Gasteiger partial charge in [-0.2, -0.15) is 31.4 Å². The summed E-state index contributed by atoms with van der Waals surface area (Å²) >= 11 is 0. The Bertz CT molecular complexity index is 1500. The summed E-state index contributed by atoms with van der Waals surface area (Å²) < 4.78 is 70.8. The van der Waals surface area contributed by atoms with E-state index in [4.69, 9.17) is 34.6 Å². The molecule has 47 heavy (non-hydrogen) atoms. The number of carbonyl (C=O) groups is 3. The summed E-state index contributed by atoms with van der Waals surface area (Å²) in [6.07, 6.45) is -7.54. The third-order valence-electron chi connectivity index (χ3n) is 7.18. The number of halogens is 6. The molecule has 0 saturated carbocycles. The maximum absolute atomic E-state index is 13.4. The molecule has 0 aliphatic carbocycles. The highest BCUT2D eigenvalue weighted by Crippen LogP contribution is 2.29. The molecule has 2 aliphatic rings. The van der Waals surface area contributed by atoms with Gasteiger partial charge in [-0.3, -0.25) is 14.6 Å². The molecule has 0 radical (unpaired) electrons. The van der Waals surface area contributed by atoms with E-state index in [1.165, 1.54) is 0 Å². The van der Waals surface area contributed by atoms with Crippen LogP contribution in [0.1, 0.15) is 35.5 Å². The molecule has 2 aliphatic heterocycles. The molecule has 1 aromatic carbocycles. The van der Waals surface area contributed by atoms with E-state index in [1.807, 2.05) is 34.8 Å². The van der Waals surface area contributed by atoms with Gasteiger partial charge in [0.2, 0.25) is 0 Å². The van der Waals surface area contributed by atoms with Crippen molar-refractivity contribution in [3.05, 3.63) is 53.3 Å².